The molecule has 3 nitrogen and oxygen atoms in total. The number of aromatic nitrogens is 3. The van der Waals surface area contributed by atoms with Crippen LogP contribution in [0.15, 0.2) is 24.8 Å². The van der Waals surface area contributed by atoms with E-state index in [1.165, 1.54) is 14.7 Å². The zero-order valence-corrected chi connectivity index (χ0v) is 10.2. The van der Waals surface area contributed by atoms with Gasteiger partial charge in [0.25, 0.3) is 0 Å². The Bertz CT molecular complexity index is 425. The normalized spacial score (nSPS) is 10.5. The first kappa shape index (κ1) is 9.64. The number of halogens is 1. The van der Waals surface area contributed by atoms with E-state index in [0.717, 1.165) is 5.69 Å². The SMILES string of the molecule is Cc1cc(-n2cnnc2)cc(C)c1I. The molecule has 0 aliphatic rings. The molecule has 0 N–H and O–H groups in total. The van der Waals surface area contributed by atoms with Crippen LogP contribution < -0.4 is 0 Å². The van der Waals surface area contributed by atoms with E-state index in [-0.39, 0.29) is 0 Å². The monoisotopic (exact) mass is 299 g/mol. The second kappa shape index (κ2) is 3.68. The standard InChI is InChI=1S/C10H10IN3/c1-7-3-9(4-8(2)10(7)11)14-5-12-13-6-14/h3-6H,1-2H3. The van der Waals surface area contributed by atoms with Crippen molar-refractivity contribution in [2.24, 2.45) is 0 Å². The third-order valence-electron chi connectivity index (χ3n) is 2.14. The van der Waals surface area contributed by atoms with Crippen LogP contribution in [0.4, 0.5) is 0 Å². The highest BCUT2D eigenvalue weighted by Crippen LogP contribution is 2.20. The summed E-state index contributed by atoms with van der Waals surface area (Å²) in [5.74, 6) is 0. The molecule has 0 spiro atoms. The molecule has 72 valence electrons. The van der Waals surface area contributed by atoms with E-state index in [1.807, 2.05) is 4.57 Å². The van der Waals surface area contributed by atoms with Gasteiger partial charge in [0.2, 0.25) is 0 Å². The first-order chi connectivity index (χ1) is 6.68. The van der Waals surface area contributed by atoms with Crippen molar-refractivity contribution in [2.45, 2.75) is 13.8 Å². The molecule has 1 heterocycles. The third kappa shape index (κ3) is 1.66. The van der Waals surface area contributed by atoms with E-state index in [9.17, 15) is 0 Å². The van der Waals surface area contributed by atoms with Crippen LogP contribution in [0, 0.1) is 17.4 Å². The molecule has 1 aromatic heterocycles. The van der Waals surface area contributed by atoms with E-state index >= 15 is 0 Å². The van der Waals surface area contributed by atoms with Crippen LogP contribution in [-0.4, -0.2) is 14.8 Å². The summed E-state index contributed by atoms with van der Waals surface area (Å²) in [7, 11) is 0. The average molecular weight is 299 g/mol. The summed E-state index contributed by atoms with van der Waals surface area (Å²) in [5, 5.41) is 7.58. The Hall–Kier alpha value is -0.910. The first-order valence-electron chi connectivity index (χ1n) is 4.30. The van der Waals surface area contributed by atoms with Gasteiger partial charge in [0.15, 0.2) is 0 Å². The van der Waals surface area contributed by atoms with Crippen molar-refractivity contribution < 1.29 is 0 Å². The predicted octanol–water partition coefficient (Wildman–Crippen LogP) is 2.49. The number of hydrogen-bond acceptors (Lipinski definition) is 2. The third-order valence-corrected chi connectivity index (χ3v) is 3.84. The Morgan fingerprint density at radius 1 is 1.07 bits per heavy atom. The number of aryl methyl sites for hydroxylation is 2. The van der Waals surface area contributed by atoms with Crippen molar-refractivity contribution in [3.63, 3.8) is 0 Å². The molecule has 0 unspecified atom stereocenters. The Labute approximate surface area is 96.3 Å². The van der Waals surface area contributed by atoms with Gasteiger partial charge in [-0.15, -0.1) is 10.2 Å². The maximum atomic E-state index is 3.79. The lowest BCUT2D eigenvalue weighted by molar-refractivity contribution is 1.04. The van der Waals surface area contributed by atoms with Crippen molar-refractivity contribution in [1.29, 1.82) is 0 Å². The van der Waals surface area contributed by atoms with Crippen LogP contribution in [0.3, 0.4) is 0 Å². The lowest BCUT2D eigenvalue weighted by atomic mass is 10.1. The van der Waals surface area contributed by atoms with Gasteiger partial charge in [0.05, 0.1) is 0 Å². The predicted molar refractivity (Wildman–Crippen MR) is 63.6 cm³/mol. The highest BCUT2D eigenvalue weighted by Gasteiger charge is 2.03. The van der Waals surface area contributed by atoms with Gasteiger partial charge in [0, 0.05) is 9.26 Å². The van der Waals surface area contributed by atoms with Crippen molar-refractivity contribution in [1.82, 2.24) is 14.8 Å². The van der Waals surface area contributed by atoms with Crippen molar-refractivity contribution in [3.8, 4) is 5.69 Å². The van der Waals surface area contributed by atoms with Crippen LogP contribution >= 0.6 is 22.6 Å². The van der Waals surface area contributed by atoms with E-state index < -0.39 is 0 Å². The van der Waals surface area contributed by atoms with Gasteiger partial charge in [-0.3, -0.25) is 4.57 Å². The summed E-state index contributed by atoms with van der Waals surface area (Å²) >= 11 is 2.36. The molecule has 0 radical (unpaired) electrons. The van der Waals surface area contributed by atoms with Gasteiger partial charge in [-0.1, -0.05) is 0 Å². The van der Waals surface area contributed by atoms with E-state index in [4.69, 9.17) is 0 Å². The Kier molecular flexibility index (Phi) is 2.54. The van der Waals surface area contributed by atoms with Crippen LogP contribution in [0.2, 0.25) is 0 Å². The molecule has 0 saturated carbocycles. The highest BCUT2D eigenvalue weighted by molar-refractivity contribution is 14.1. The highest BCUT2D eigenvalue weighted by atomic mass is 127. The quantitative estimate of drug-likeness (QED) is 0.757. The molecule has 1 aromatic carbocycles. The van der Waals surface area contributed by atoms with Gasteiger partial charge in [-0.2, -0.15) is 0 Å². The number of benzene rings is 1. The summed E-state index contributed by atoms with van der Waals surface area (Å²) in [6, 6.07) is 4.27. The summed E-state index contributed by atoms with van der Waals surface area (Å²) in [6.45, 7) is 4.23. The summed E-state index contributed by atoms with van der Waals surface area (Å²) in [6.07, 6.45) is 3.42. The lowest BCUT2D eigenvalue weighted by Gasteiger charge is -2.07. The lowest BCUT2D eigenvalue weighted by Crippen LogP contribution is -1.94. The second-order valence-corrected chi connectivity index (χ2v) is 4.34. The maximum Gasteiger partial charge on any atom is 0.123 e. The Balaban J connectivity index is 2.57. The fourth-order valence-corrected chi connectivity index (χ4v) is 1.72. The minimum atomic E-state index is 1.12. The zero-order valence-electron chi connectivity index (χ0n) is 8.03. The molecule has 0 saturated heterocycles. The molecule has 0 amide bonds. The number of rotatable bonds is 1. The molecule has 2 aromatic rings. The minimum absolute atomic E-state index is 1.12. The number of hydrogen-bond donors (Lipinski definition) is 0. The maximum absolute atomic E-state index is 3.79. The summed E-state index contributed by atoms with van der Waals surface area (Å²) in [5.41, 5.74) is 3.69. The van der Waals surface area contributed by atoms with E-state index in [2.05, 4.69) is 58.8 Å². The fourth-order valence-electron chi connectivity index (χ4n) is 1.41. The van der Waals surface area contributed by atoms with Gasteiger partial charge < -0.3 is 0 Å². The first-order valence-corrected chi connectivity index (χ1v) is 5.38. The van der Waals surface area contributed by atoms with Gasteiger partial charge in [-0.05, 0) is 59.7 Å². The van der Waals surface area contributed by atoms with Crippen LogP contribution in [0.1, 0.15) is 11.1 Å². The molecule has 0 fully saturated rings. The molecule has 0 aliphatic heterocycles. The molecule has 4 heteroatoms. The Morgan fingerprint density at radius 3 is 2.07 bits per heavy atom. The molecular weight excluding hydrogens is 289 g/mol. The van der Waals surface area contributed by atoms with Gasteiger partial charge in [0.1, 0.15) is 12.7 Å². The Morgan fingerprint density at radius 2 is 1.57 bits per heavy atom. The molecule has 2 rings (SSSR count). The molecule has 14 heavy (non-hydrogen) atoms. The van der Waals surface area contributed by atoms with Gasteiger partial charge >= 0.3 is 0 Å². The van der Waals surface area contributed by atoms with Crippen molar-refractivity contribution in [3.05, 3.63) is 39.5 Å². The fraction of sp³-hybridized carbons (Fsp3) is 0.200. The topological polar surface area (TPSA) is 30.7 Å². The summed E-state index contributed by atoms with van der Waals surface area (Å²) in [4.78, 5) is 0. The summed E-state index contributed by atoms with van der Waals surface area (Å²) < 4.78 is 3.23. The van der Waals surface area contributed by atoms with Crippen LogP contribution in [0.25, 0.3) is 5.69 Å². The second-order valence-electron chi connectivity index (χ2n) is 3.26. The molecule has 0 atom stereocenters. The molecular formula is C10H10IN3. The minimum Gasteiger partial charge on any atom is -0.288 e. The molecule has 0 aliphatic carbocycles. The van der Waals surface area contributed by atoms with Crippen molar-refractivity contribution >= 4 is 22.6 Å². The van der Waals surface area contributed by atoms with E-state index in [0.29, 0.717) is 0 Å². The smallest absolute Gasteiger partial charge is 0.123 e. The van der Waals surface area contributed by atoms with E-state index in [1.54, 1.807) is 12.7 Å². The van der Waals surface area contributed by atoms with Crippen molar-refractivity contribution in [2.75, 3.05) is 0 Å². The average Bonchev–Trinajstić information content (AvgIpc) is 2.66. The largest absolute Gasteiger partial charge is 0.288 e. The number of nitrogens with zero attached hydrogens (tertiary/aromatic N) is 3. The van der Waals surface area contributed by atoms with Crippen LogP contribution in [-0.2, 0) is 0 Å². The van der Waals surface area contributed by atoms with Gasteiger partial charge in [-0.25, -0.2) is 0 Å². The van der Waals surface area contributed by atoms with Crippen LogP contribution in [0.5, 0.6) is 0 Å². The zero-order chi connectivity index (χ0) is 10.1. The molecule has 0 bridgehead atoms.